The Balaban J connectivity index is 2.30. The maximum Gasteiger partial charge on any atom is 0.163 e. The van der Waals surface area contributed by atoms with E-state index in [4.69, 9.17) is 11.0 Å². The van der Waals surface area contributed by atoms with Crippen LogP contribution in [0.2, 0.25) is 0 Å². The summed E-state index contributed by atoms with van der Waals surface area (Å²) in [7, 11) is 0. The molecule has 0 fully saturated rings. The van der Waals surface area contributed by atoms with E-state index >= 15 is 0 Å². The third-order valence-corrected chi connectivity index (χ3v) is 3.85. The number of aromatic nitrogens is 2. The van der Waals surface area contributed by atoms with Crippen LogP contribution in [0.3, 0.4) is 0 Å². The highest BCUT2D eigenvalue weighted by Gasteiger charge is 2.14. The molecule has 0 spiro atoms. The quantitative estimate of drug-likeness (QED) is 0.753. The molecular formula is C19H22N6. The lowest BCUT2D eigenvalue weighted by molar-refractivity contribution is 0.745. The van der Waals surface area contributed by atoms with Crippen LogP contribution in [-0.2, 0) is 0 Å². The van der Waals surface area contributed by atoms with Crippen molar-refractivity contribution in [2.75, 3.05) is 23.7 Å². The number of nitrogens with one attached hydrogen (secondary N) is 1. The molecule has 3 N–H and O–H groups in total. The molecule has 0 unspecified atom stereocenters. The Morgan fingerprint density at radius 1 is 1.20 bits per heavy atom. The highest BCUT2D eigenvalue weighted by atomic mass is 15.2. The average molecular weight is 334 g/mol. The summed E-state index contributed by atoms with van der Waals surface area (Å²) < 4.78 is 0. The van der Waals surface area contributed by atoms with Crippen LogP contribution in [0.15, 0.2) is 24.3 Å². The highest BCUT2D eigenvalue weighted by molar-refractivity contribution is 5.91. The molecule has 0 bridgehead atoms. The zero-order valence-electron chi connectivity index (χ0n) is 14.6. The normalized spacial score (nSPS) is 11.0. The summed E-state index contributed by atoms with van der Waals surface area (Å²) in [4.78, 5) is 2.35. The molecule has 0 aliphatic rings. The van der Waals surface area contributed by atoms with Crippen molar-refractivity contribution in [3.05, 3.63) is 41.1 Å². The summed E-state index contributed by atoms with van der Waals surface area (Å²) in [5.74, 6) is 0.101. The first-order valence-corrected chi connectivity index (χ1v) is 8.35. The molecule has 128 valence electrons. The SMILES string of the molecule is CCCN(CCC)c1ccc(/C=C(\C#N)c2[nH]nc(N)c2C#N)cc1. The van der Waals surface area contributed by atoms with Gasteiger partial charge >= 0.3 is 0 Å². The number of nitrogens with zero attached hydrogens (tertiary/aromatic N) is 4. The van der Waals surface area contributed by atoms with Crippen LogP contribution in [0, 0.1) is 22.7 Å². The van der Waals surface area contributed by atoms with E-state index in [2.05, 4.69) is 47.1 Å². The van der Waals surface area contributed by atoms with Crippen LogP contribution in [0.5, 0.6) is 0 Å². The first-order valence-electron chi connectivity index (χ1n) is 8.35. The van der Waals surface area contributed by atoms with Crippen molar-refractivity contribution in [2.45, 2.75) is 26.7 Å². The second-order valence-electron chi connectivity index (χ2n) is 5.72. The van der Waals surface area contributed by atoms with Crippen molar-refractivity contribution < 1.29 is 0 Å². The van der Waals surface area contributed by atoms with Gasteiger partial charge < -0.3 is 10.6 Å². The molecule has 0 atom stereocenters. The van der Waals surface area contributed by atoms with E-state index in [1.54, 1.807) is 6.08 Å². The Bertz CT molecular complexity index is 811. The Morgan fingerprint density at radius 3 is 2.36 bits per heavy atom. The smallest absolute Gasteiger partial charge is 0.163 e. The largest absolute Gasteiger partial charge is 0.381 e. The fraction of sp³-hybridized carbons (Fsp3) is 0.316. The van der Waals surface area contributed by atoms with Crippen molar-refractivity contribution in [3.8, 4) is 12.1 Å². The number of nitrogens with two attached hydrogens (primary N) is 1. The van der Waals surface area contributed by atoms with Crippen LogP contribution >= 0.6 is 0 Å². The van der Waals surface area contributed by atoms with Gasteiger partial charge in [-0.1, -0.05) is 26.0 Å². The monoisotopic (exact) mass is 334 g/mol. The lowest BCUT2D eigenvalue weighted by Crippen LogP contribution is -2.24. The summed E-state index contributed by atoms with van der Waals surface area (Å²) >= 11 is 0. The van der Waals surface area contributed by atoms with E-state index < -0.39 is 0 Å². The number of anilines is 2. The van der Waals surface area contributed by atoms with Crippen molar-refractivity contribution in [1.29, 1.82) is 10.5 Å². The molecule has 0 radical (unpaired) electrons. The number of nitrogen functional groups attached to an aromatic ring is 1. The first-order chi connectivity index (χ1) is 12.1. The van der Waals surface area contributed by atoms with Crippen LogP contribution in [-0.4, -0.2) is 23.3 Å². The molecule has 0 saturated carbocycles. The van der Waals surface area contributed by atoms with Crippen LogP contribution in [0.4, 0.5) is 11.5 Å². The van der Waals surface area contributed by atoms with Crippen molar-refractivity contribution in [2.24, 2.45) is 0 Å². The minimum atomic E-state index is 0.101. The molecule has 6 heteroatoms. The maximum absolute atomic E-state index is 9.43. The number of aromatic amines is 1. The summed E-state index contributed by atoms with van der Waals surface area (Å²) in [5.41, 5.74) is 8.56. The number of benzene rings is 1. The van der Waals surface area contributed by atoms with Crippen LogP contribution in [0.1, 0.15) is 43.5 Å². The molecule has 1 aromatic heterocycles. The molecule has 1 heterocycles. The zero-order chi connectivity index (χ0) is 18.2. The molecule has 0 aliphatic heterocycles. The third kappa shape index (κ3) is 4.19. The van der Waals surface area contributed by atoms with Gasteiger partial charge in [-0.3, -0.25) is 5.10 Å². The van der Waals surface area contributed by atoms with Crippen molar-refractivity contribution in [1.82, 2.24) is 10.2 Å². The van der Waals surface area contributed by atoms with Gasteiger partial charge in [-0.2, -0.15) is 15.6 Å². The number of nitriles is 2. The summed E-state index contributed by atoms with van der Waals surface area (Å²) in [6, 6.07) is 12.1. The van der Waals surface area contributed by atoms with E-state index in [1.165, 1.54) is 5.69 Å². The molecule has 0 aliphatic carbocycles. The third-order valence-electron chi connectivity index (χ3n) is 3.85. The highest BCUT2D eigenvalue weighted by Crippen LogP contribution is 2.23. The Kier molecular flexibility index (Phi) is 6.20. The van der Waals surface area contributed by atoms with Gasteiger partial charge in [0.15, 0.2) is 5.82 Å². The number of hydrogen-bond donors (Lipinski definition) is 2. The molecule has 2 rings (SSSR count). The van der Waals surface area contributed by atoms with Gasteiger partial charge in [0.05, 0.1) is 11.3 Å². The maximum atomic E-state index is 9.43. The lowest BCUT2D eigenvalue weighted by Gasteiger charge is -2.23. The molecular weight excluding hydrogens is 312 g/mol. The van der Waals surface area contributed by atoms with E-state index in [9.17, 15) is 5.26 Å². The van der Waals surface area contributed by atoms with E-state index in [0.717, 1.165) is 31.5 Å². The molecule has 1 aromatic carbocycles. The van der Waals surface area contributed by atoms with Crippen molar-refractivity contribution >= 4 is 23.2 Å². The predicted octanol–water partition coefficient (Wildman–Crippen LogP) is 3.55. The number of H-pyrrole nitrogens is 1. The average Bonchev–Trinajstić information content (AvgIpc) is 3.00. The fourth-order valence-electron chi connectivity index (χ4n) is 2.68. The molecule has 6 nitrogen and oxygen atoms in total. The number of rotatable bonds is 7. The van der Waals surface area contributed by atoms with Crippen molar-refractivity contribution in [3.63, 3.8) is 0 Å². The van der Waals surface area contributed by atoms with Gasteiger partial charge in [0.2, 0.25) is 0 Å². The molecule has 0 amide bonds. The predicted molar refractivity (Wildman–Crippen MR) is 100 cm³/mol. The van der Waals surface area contributed by atoms with Gasteiger partial charge in [0.1, 0.15) is 17.7 Å². The van der Waals surface area contributed by atoms with Gasteiger partial charge in [-0.05, 0) is 36.6 Å². The second kappa shape index (κ2) is 8.56. The van der Waals surface area contributed by atoms with Gasteiger partial charge in [0, 0.05) is 18.8 Å². The Morgan fingerprint density at radius 2 is 1.84 bits per heavy atom. The second-order valence-corrected chi connectivity index (χ2v) is 5.72. The molecule has 25 heavy (non-hydrogen) atoms. The summed E-state index contributed by atoms with van der Waals surface area (Å²) in [6.07, 6.45) is 3.92. The fourth-order valence-corrected chi connectivity index (χ4v) is 2.68. The molecule has 2 aromatic rings. The van der Waals surface area contributed by atoms with Crippen LogP contribution in [0.25, 0.3) is 11.6 Å². The Labute approximate surface area is 148 Å². The lowest BCUT2D eigenvalue weighted by atomic mass is 10.1. The minimum Gasteiger partial charge on any atom is -0.381 e. The zero-order valence-corrected chi connectivity index (χ0v) is 14.6. The standard InChI is InChI=1S/C19H22N6/c1-3-9-25(10-4-2)16-7-5-14(6-8-16)11-15(12-20)18-17(13-21)19(22)24-23-18/h5-8,11H,3-4,9-10H2,1-2H3,(H3,22,23,24)/b15-11+. The van der Waals surface area contributed by atoms with Gasteiger partial charge in [0.25, 0.3) is 0 Å². The van der Waals surface area contributed by atoms with Gasteiger partial charge in [-0.15, -0.1) is 0 Å². The minimum absolute atomic E-state index is 0.101. The first kappa shape index (κ1) is 18.1. The molecule has 0 saturated heterocycles. The number of allylic oxidation sites excluding steroid dienone is 1. The van der Waals surface area contributed by atoms with Gasteiger partial charge in [-0.25, -0.2) is 0 Å². The van der Waals surface area contributed by atoms with E-state index in [1.807, 2.05) is 18.2 Å². The van der Waals surface area contributed by atoms with Crippen LogP contribution < -0.4 is 10.6 Å². The summed E-state index contributed by atoms with van der Waals surface area (Å²) in [6.45, 7) is 6.38. The number of hydrogen-bond acceptors (Lipinski definition) is 5. The topological polar surface area (TPSA) is 106 Å². The van der Waals surface area contributed by atoms with E-state index in [-0.39, 0.29) is 11.4 Å². The Hall–Kier alpha value is -3.25. The van der Waals surface area contributed by atoms with E-state index in [0.29, 0.717) is 11.3 Å². The summed E-state index contributed by atoms with van der Waals surface area (Å²) in [5, 5.41) is 25.1.